The quantitative estimate of drug-likeness (QED) is 0.270. The first-order valence-corrected chi connectivity index (χ1v) is 5.79. The van der Waals surface area contributed by atoms with Gasteiger partial charge in [0.15, 0.2) is 0 Å². The standard InChI is InChI=1S/C14H13NO6/c1-20-13(16)5-3-4-12(14(17)21-2)10-6-8-11(9-7-10)15(18)19/h3-9H,1-2H3. The Morgan fingerprint density at radius 2 is 1.76 bits per heavy atom. The van der Waals surface area contributed by atoms with Gasteiger partial charge in [-0.05, 0) is 23.8 Å². The topological polar surface area (TPSA) is 95.7 Å². The fourth-order valence-corrected chi connectivity index (χ4v) is 1.45. The molecule has 0 radical (unpaired) electrons. The van der Waals surface area contributed by atoms with Crippen molar-refractivity contribution in [3.05, 3.63) is 58.2 Å². The number of carbonyl (C=O) groups is 2. The number of nitrogens with zero attached hydrogens (tertiary/aromatic N) is 1. The lowest BCUT2D eigenvalue weighted by molar-refractivity contribution is -0.384. The molecule has 0 saturated carbocycles. The Bertz CT molecular complexity index is 600. The second kappa shape index (κ2) is 7.59. The van der Waals surface area contributed by atoms with Gasteiger partial charge in [-0.15, -0.1) is 0 Å². The molecule has 0 aliphatic heterocycles. The van der Waals surface area contributed by atoms with Gasteiger partial charge in [-0.1, -0.05) is 6.08 Å². The second-order valence-corrected chi connectivity index (χ2v) is 3.76. The molecule has 0 unspecified atom stereocenters. The van der Waals surface area contributed by atoms with Crippen LogP contribution < -0.4 is 0 Å². The van der Waals surface area contributed by atoms with Crippen LogP contribution in [0.15, 0.2) is 42.5 Å². The van der Waals surface area contributed by atoms with Crippen molar-refractivity contribution < 1.29 is 24.0 Å². The minimum atomic E-state index is -0.627. The predicted molar refractivity (Wildman–Crippen MR) is 74.2 cm³/mol. The normalized spacial score (nSPS) is 11.2. The number of nitro groups is 1. The highest BCUT2D eigenvalue weighted by Gasteiger charge is 2.13. The molecule has 0 fully saturated rings. The first-order chi connectivity index (χ1) is 9.99. The van der Waals surface area contributed by atoms with Crippen molar-refractivity contribution in [2.45, 2.75) is 0 Å². The summed E-state index contributed by atoms with van der Waals surface area (Å²) in [6, 6.07) is 5.39. The zero-order valence-corrected chi connectivity index (χ0v) is 11.4. The maximum Gasteiger partial charge on any atom is 0.338 e. The molecule has 1 aromatic carbocycles. The maximum atomic E-state index is 11.7. The van der Waals surface area contributed by atoms with E-state index < -0.39 is 16.9 Å². The van der Waals surface area contributed by atoms with Crippen molar-refractivity contribution in [3.8, 4) is 0 Å². The smallest absolute Gasteiger partial charge is 0.338 e. The van der Waals surface area contributed by atoms with E-state index in [2.05, 4.69) is 9.47 Å². The van der Waals surface area contributed by atoms with E-state index in [1.165, 1.54) is 50.6 Å². The molecular weight excluding hydrogens is 278 g/mol. The van der Waals surface area contributed by atoms with E-state index in [9.17, 15) is 19.7 Å². The van der Waals surface area contributed by atoms with Crippen LogP contribution in [0.3, 0.4) is 0 Å². The van der Waals surface area contributed by atoms with Gasteiger partial charge in [0, 0.05) is 18.2 Å². The lowest BCUT2D eigenvalue weighted by Crippen LogP contribution is -2.04. The summed E-state index contributed by atoms with van der Waals surface area (Å²) >= 11 is 0. The molecule has 7 heteroatoms. The van der Waals surface area contributed by atoms with Crippen molar-refractivity contribution in [2.24, 2.45) is 0 Å². The zero-order valence-electron chi connectivity index (χ0n) is 11.4. The fourth-order valence-electron chi connectivity index (χ4n) is 1.45. The molecule has 0 aliphatic carbocycles. The average molecular weight is 291 g/mol. The van der Waals surface area contributed by atoms with Crippen LogP contribution in [0.1, 0.15) is 5.56 Å². The van der Waals surface area contributed by atoms with E-state index >= 15 is 0 Å². The molecule has 0 spiro atoms. The first kappa shape index (κ1) is 16.1. The summed E-state index contributed by atoms with van der Waals surface area (Å²) < 4.78 is 9.06. The minimum Gasteiger partial charge on any atom is -0.466 e. The number of rotatable bonds is 5. The summed E-state index contributed by atoms with van der Waals surface area (Å²) in [7, 11) is 2.44. The van der Waals surface area contributed by atoms with Gasteiger partial charge in [0.2, 0.25) is 0 Å². The largest absolute Gasteiger partial charge is 0.466 e. The molecule has 0 aliphatic rings. The predicted octanol–water partition coefficient (Wildman–Crippen LogP) is 1.88. The number of ether oxygens (including phenoxy) is 2. The number of methoxy groups -OCH3 is 2. The number of esters is 2. The number of carbonyl (C=O) groups excluding carboxylic acids is 2. The Balaban J connectivity index is 3.10. The number of hydrogen-bond acceptors (Lipinski definition) is 6. The highest BCUT2D eigenvalue weighted by Crippen LogP contribution is 2.20. The van der Waals surface area contributed by atoms with Crippen molar-refractivity contribution >= 4 is 23.2 Å². The number of allylic oxidation sites excluding steroid dienone is 2. The van der Waals surface area contributed by atoms with E-state index in [4.69, 9.17) is 0 Å². The Hall–Kier alpha value is -2.96. The van der Waals surface area contributed by atoms with Crippen LogP contribution in [0, 0.1) is 10.1 Å². The average Bonchev–Trinajstić information content (AvgIpc) is 2.50. The molecule has 7 nitrogen and oxygen atoms in total. The van der Waals surface area contributed by atoms with E-state index in [-0.39, 0.29) is 11.3 Å². The van der Waals surface area contributed by atoms with Crippen LogP contribution in [0.5, 0.6) is 0 Å². The SMILES string of the molecule is COC(=O)C=CC=C(C(=O)OC)c1ccc([N+](=O)[O-])cc1. The van der Waals surface area contributed by atoms with Gasteiger partial charge in [0.05, 0.1) is 24.7 Å². The fraction of sp³-hybridized carbons (Fsp3) is 0.143. The van der Waals surface area contributed by atoms with Gasteiger partial charge in [-0.2, -0.15) is 0 Å². The molecule has 0 amide bonds. The van der Waals surface area contributed by atoms with Crippen LogP contribution in [0.25, 0.3) is 5.57 Å². The van der Waals surface area contributed by atoms with Crippen molar-refractivity contribution in [1.29, 1.82) is 0 Å². The molecule has 1 aromatic rings. The number of hydrogen-bond donors (Lipinski definition) is 0. The Morgan fingerprint density at radius 1 is 1.14 bits per heavy atom. The molecule has 0 heterocycles. The lowest BCUT2D eigenvalue weighted by Gasteiger charge is -2.04. The monoisotopic (exact) mass is 291 g/mol. The summed E-state index contributed by atoms with van der Waals surface area (Å²) in [5.41, 5.74) is 0.502. The molecule has 0 bridgehead atoms. The van der Waals surface area contributed by atoms with E-state index in [0.717, 1.165) is 6.08 Å². The highest BCUT2D eigenvalue weighted by molar-refractivity contribution is 6.16. The summed E-state index contributed by atoms with van der Waals surface area (Å²) in [5.74, 6) is -1.20. The third kappa shape index (κ3) is 4.57. The molecule has 0 atom stereocenters. The summed E-state index contributed by atoms with van der Waals surface area (Å²) in [6.07, 6.45) is 3.83. The van der Waals surface area contributed by atoms with Crippen molar-refractivity contribution in [3.63, 3.8) is 0 Å². The van der Waals surface area contributed by atoms with Gasteiger partial charge in [0.1, 0.15) is 0 Å². The van der Waals surface area contributed by atoms with Crippen molar-refractivity contribution in [1.82, 2.24) is 0 Å². The van der Waals surface area contributed by atoms with Gasteiger partial charge in [0.25, 0.3) is 5.69 Å². The molecular formula is C14H13NO6. The molecule has 0 aromatic heterocycles. The summed E-state index contributed by atoms with van der Waals surface area (Å²) in [6.45, 7) is 0. The van der Waals surface area contributed by atoms with Gasteiger partial charge < -0.3 is 9.47 Å². The third-order valence-electron chi connectivity index (χ3n) is 2.49. The van der Waals surface area contributed by atoms with Crippen LogP contribution in [0.4, 0.5) is 5.69 Å². The van der Waals surface area contributed by atoms with Crippen molar-refractivity contribution in [2.75, 3.05) is 14.2 Å². The molecule has 1 rings (SSSR count). The van der Waals surface area contributed by atoms with Crippen LogP contribution in [-0.2, 0) is 19.1 Å². The molecule has 21 heavy (non-hydrogen) atoms. The second-order valence-electron chi connectivity index (χ2n) is 3.76. The van der Waals surface area contributed by atoms with Crippen LogP contribution >= 0.6 is 0 Å². The van der Waals surface area contributed by atoms with E-state index in [0.29, 0.717) is 5.56 Å². The maximum absolute atomic E-state index is 11.7. The number of nitro benzene ring substituents is 1. The summed E-state index contributed by atoms with van der Waals surface area (Å²) in [4.78, 5) is 32.7. The van der Waals surface area contributed by atoms with Gasteiger partial charge >= 0.3 is 11.9 Å². The zero-order chi connectivity index (χ0) is 15.8. The lowest BCUT2D eigenvalue weighted by atomic mass is 10.1. The van der Waals surface area contributed by atoms with E-state index in [1.807, 2.05) is 0 Å². The van der Waals surface area contributed by atoms with Gasteiger partial charge in [-0.3, -0.25) is 10.1 Å². The number of benzene rings is 1. The third-order valence-corrected chi connectivity index (χ3v) is 2.49. The Labute approximate surface area is 120 Å². The Morgan fingerprint density at radius 3 is 2.24 bits per heavy atom. The molecule has 0 N–H and O–H groups in total. The highest BCUT2D eigenvalue weighted by atomic mass is 16.6. The van der Waals surface area contributed by atoms with E-state index in [1.54, 1.807) is 0 Å². The van der Waals surface area contributed by atoms with Crippen LogP contribution in [-0.4, -0.2) is 31.1 Å². The number of non-ortho nitro benzene ring substituents is 1. The molecule has 0 saturated heterocycles. The van der Waals surface area contributed by atoms with Crippen LogP contribution in [0.2, 0.25) is 0 Å². The molecule has 110 valence electrons. The van der Waals surface area contributed by atoms with Gasteiger partial charge in [-0.25, -0.2) is 9.59 Å². The Kier molecular flexibility index (Phi) is 5.81. The minimum absolute atomic E-state index is 0.0898. The summed E-state index contributed by atoms with van der Waals surface area (Å²) in [5, 5.41) is 10.6. The first-order valence-electron chi connectivity index (χ1n) is 5.79.